The molecule has 0 aliphatic carbocycles. The maximum absolute atomic E-state index is 11.5. The van der Waals surface area contributed by atoms with E-state index in [0.29, 0.717) is 6.54 Å². The maximum Gasteiger partial charge on any atom is 0.490 e. The number of nitrogens with one attached hydrogen (secondary N) is 1. The van der Waals surface area contributed by atoms with E-state index in [0.717, 1.165) is 12.8 Å². The largest absolute Gasteiger partial charge is 0.490 e. The Morgan fingerprint density at radius 3 is 2.75 bits per heavy atom. The van der Waals surface area contributed by atoms with E-state index < -0.39 is 7.12 Å². The van der Waals surface area contributed by atoms with Gasteiger partial charge in [0.2, 0.25) is 0 Å². The first kappa shape index (κ1) is 12.7. The molecule has 5 nitrogen and oxygen atoms in total. The lowest BCUT2D eigenvalue weighted by Gasteiger charge is -2.04. The van der Waals surface area contributed by atoms with Crippen LogP contribution in [0.3, 0.4) is 0 Å². The van der Waals surface area contributed by atoms with Crippen molar-refractivity contribution in [2.45, 2.75) is 19.8 Å². The Labute approximate surface area is 94.7 Å². The Morgan fingerprint density at radius 1 is 1.50 bits per heavy atom. The highest BCUT2D eigenvalue weighted by molar-refractivity contribution is 6.58. The summed E-state index contributed by atoms with van der Waals surface area (Å²) in [6.45, 7) is 2.67. The minimum atomic E-state index is -1.55. The van der Waals surface area contributed by atoms with Crippen molar-refractivity contribution in [3.05, 3.63) is 24.0 Å². The van der Waals surface area contributed by atoms with Gasteiger partial charge < -0.3 is 15.4 Å². The minimum Gasteiger partial charge on any atom is -0.423 e. The second kappa shape index (κ2) is 6.24. The van der Waals surface area contributed by atoms with Crippen molar-refractivity contribution in [1.29, 1.82) is 0 Å². The van der Waals surface area contributed by atoms with Crippen molar-refractivity contribution >= 4 is 18.5 Å². The van der Waals surface area contributed by atoms with Crippen LogP contribution in [0.15, 0.2) is 18.3 Å². The zero-order valence-corrected chi connectivity index (χ0v) is 9.18. The van der Waals surface area contributed by atoms with E-state index >= 15 is 0 Å². The van der Waals surface area contributed by atoms with Crippen molar-refractivity contribution in [2.75, 3.05) is 6.54 Å². The molecule has 0 saturated carbocycles. The Bertz CT molecular complexity index is 340. The standard InChI is InChI=1S/C10H15BN2O3/c1-2-3-6-12-10(14)9-5-4-8(7-13-9)11(15)16/h4-5,7,15-16H,2-3,6H2,1H3,(H,12,14). The number of carbonyl (C=O) groups is 1. The molecule has 0 fully saturated rings. The number of carbonyl (C=O) groups excluding carboxylic acids is 1. The van der Waals surface area contributed by atoms with Crippen LogP contribution in [0, 0.1) is 0 Å². The fraction of sp³-hybridized carbons (Fsp3) is 0.400. The average molecular weight is 222 g/mol. The lowest BCUT2D eigenvalue weighted by molar-refractivity contribution is 0.0948. The van der Waals surface area contributed by atoms with Gasteiger partial charge in [0.05, 0.1) is 0 Å². The molecular formula is C10H15BN2O3. The highest BCUT2D eigenvalue weighted by atomic mass is 16.4. The normalized spacial score (nSPS) is 9.94. The van der Waals surface area contributed by atoms with Gasteiger partial charge >= 0.3 is 7.12 Å². The molecule has 0 saturated heterocycles. The topological polar surface area (TPSA) is 82.5 Å². The third kappa shape index (κ3) is 3.64. The number of amides is 1. The van der Waals surface area contributed by atoms with Crippen LogP contribution < -0.4 is 10.8 Å². The summed E-state index contributed by atoms with van der Waals surface area (Å²) in [5.74, 6) is -0.243. The molecule has 0 aliphatic heterocycles. The van der Waals surface area contributed by atoms with E-state index in [4.69, 9.17) is 10.0 Å². The average Bonchev–Trinajstić information content (AvgIpc) is 2.29. The third-order valence-corrected chi connectivity index (χ3v) is 2.13. The summed E-state index contributed by atoms with van der Waals surface area (Å²) in [4.78, 5) is 15.3. The molecule has 0 aliphatic rings. The molecule has 1 aromatic rings. The van der Waals surface area contributed by atoms with Gasteiger partial charge in [0.1, 0.15) is 5.69 Å². The highest BCUT2D eigenvalue weighted by Crippen LogP contribution is 1.93. The number of unbranched alkanes of at least 4 members (excludes halogenated alkanes) is 1. The van der Waals surface area contributed by atoms with Gasteiger partial charge in [-0.1, -0.05) is 19.4 Å². The molecule has 1 rings (SSSR count). The van der Waals surface area contributed by atoms with Crippen molar-refractivity contribution in [3.63, 3.8) is 0 Å². The van der Waals surface area contributed by atoms with E-state index in [2.05, 4.69) is 10.3 Å². The second-order valence-electron chi connectivity index (χ2n) is 3.46. The van der Waals surface area contributed by atoms with Crippen LogP contribution in [0.25, 0.3) is 0 Å². The Balaban J connectivity index is 2.56. The minimum absolute atomic E-state index is 0.243. The molecular weight excluding hydrogens is 207 g/mol. The Kier molecular flexibility index (Phi) is 4.95. The Morgan fingerprint density at radius 2 is 2.25 bits per heavy atom. The molecule has 0 spiro atoms. The molecule has 6 heteroatoms. The molecule has 16 heavy (non-hydrogen) atoms. The van der Waals surface area contributed by atoms with Crippen LogP contribution in [0.1, 0.15) is 30.3 Å². The predicted octanol–water partition coefficient (Wildman–Crippen LogP) is -0.709. The smallest absolute Gasteiger partial charge is 0.423 e. The molecule has 0 unspecified atom stereocenters. The number of aromatic nitrogens is 1. The summed E-state index contributed by atoms with van der Waals surface area (Å²) in [5.41, 5.74) is 0.547. The monoisotopic (exact) mass is 222 g/mol. The molecule has 0 radical (unpaired) electrons. The predicted molar refractivity (Wildman–Crippen MR) is 61.3 cm³/mol. The van der Waals surface area contributed by atoms with Gasteiger partial charge in [0.25, 0.3) is 5.91 Å². The van der Waals surface area contributed by atoms with E-state index in [1.807, 2.05) is 6.92 Å². The fourth-order valence-corrected chi connectivity index (χ4v) is 1.16. The second-order valence-corrected chi connectivity index (χ2v) is 3.46. The van der Waals surface area contributed by atoms with Crippen LogP contribution >= 0.6 is 0 Å². The highest BCUT2D eigenvalue weighted by Gasteiger charge is 2.12. The van der Waals surface area contributed by atoms with Crippen molar-refractivity contribution in [3.8, 4) is 0 Å². The van der Waals surface area contributed by atoms with Gasteiger partial charge in [0, 0.05) is 18.2 Å². The molecule has 1 aromatic heterocycles. The third-order valence-electron chi connectivity index (χ3n) is 2.13. The first-order chi connectivity index (χ1) is 7.65. The van der Waals surface area contributed by atoms with Crippen molar-refractivity contribution in [2.24, 2.45) is 0 Å². The number of hydrogen-bond donors (Lipinski definition) is 3. The summed E-state index contributed by atoms with van der Waals surface area (Å²) in [5, 5.41) is 20.4. The van der Waals surface area contributed by atoms with Crippen LogP contribution in [-0.4, -0.2) is 34.6 Å². The van der Waals surface area contributed by atoms with Gasteiger partial charge in [-0.05, 0) is 12.5 Å². The summed E-state index contributed by atoms with van der Waals surface area (Å²) < 4.78 is 0. The first-order valence-corrected chi connectivity index (χ1v) is 5.25. The summed E-state index contributed by atoms with van der Waals surface area (Å²) in [6.07, 6.45) is 3.22. The zero-order chi connectivity index (χ0) is 12.0. The lowest BCUT2D eigenvalue weighted by atomic mass is 9.82. The van der Waals surface area contributed by atoms with Crippen LogP contribution in [-0.2, 0) is 0 Å². The SMILES string of the molecule is CCCCNC(=O)c1ccc(B(O)O)cn1. The quantitative estimate of drug-likeness (QED) is 0.454. The van der Waals surface area contributed by atoms with Crippen LogP contribution in [0.5, 0.6) is 0 Å². The van der Waals surface area contributed by atoms with Gasteiger partial charge in [-0.15, -0.1) is 0 Å². The fourth-order valence-electron chi connectivity index (χ4n) is 1.16. The van der Waals surface area contributed by atoms with Crippen molar-refractivity contribution in [1.82, 2.24) is 10.3 Å². The lowest BCUT2D eigenvalue weighted by Crippen LogP contribution is -2.31. The molecule has 1 heterocycles. The Hall–Kier alpha value is -1.40. The van der Waals surface area contributed by atoms with Crippen LogP contribution in [0.4, 0.5) is 0 Å². The van der Waals surface area contributed by atoms with E-state index in [9.17, 15) is 4.79 Å². The maximum atomic E-state index is 11.5. The summed E-state index contributed by atoms with van der Waals surface area (Å²) >= 11 is 0. The van der Waals surface area contributed by atoms with Gasteiger partial charge in [0.15, 0.2) is 0 Å². The summed E-state index contributed by atoms with van der Waals surface area (Å²) in [6, 6.07) is 2.93. The zero-order valence-electron chi connectivity index (χ0n) is 9.18. The molecule has 1 amide bonds. The van der Waals surface area contributed by atoms with Gasteiger partial charge in [-0.2, -0.15) is 0 Å². The molecule has 0 aromatic carbocycles. The molecule has 0 bridgehead atoms. The van der Waals surface area contributed by atoms with E-state index in [1.165, 1.54) is 18.3 Å². The molecule has 3 N–H and O–H groups in total. The van der Waals surface area contributed by atoms with E-state index in [1.54, 1.807) is 0 Å². The number of pyridine rings is 1. The summed E-state index contributed by atoms with van der Waals surface area (Å²) in [7, 11) is -1.55. The molecule has 86 valence electrons. The van der Waals surface area contributed by atoms with Crippen molar-refractivity contribution < 1.29 is 14.8 Å². The molecule has 0 atom stereocenters. The first-order valence-electron chi connectivity index (χ1n) is 5.25. The van der Waals surface area contributed by atoms with Gasteiger partial charge in [-0.25, -0.2) is 0 Å². The number of nitrogens with zero attached hydrogens (tertiary/aromatic N) is 1. The number of hydrogen-bond acceptors (Lipinski definition) is 4. The van der Waals surface area contributed by atoms with E-state index in [-0.39, 0.29) is 17.1 Å². The van der Waals surface area contributed by atoms with Gasteiger partial charge in [-0.3, -0.25) is 9.78 Å². The van der Waals surface area contributed by atoms with Crippen LogP contribution in [0.2, 0.25) is 0 Å². The number of rotatable bonds is 5.